The molecule has 1 saturated carbocycles. The molecule has 4 N–H and O–H groups in total. The van der Waals surface area contributed by atoms with Crippen LogP contribution in [0, 0.1) is 0 Å². The molecule has 1 aromatic rings. The summed E-state index contributed by atoms with van der Waals surface area (Å²) in [6, 6.07) is 9.90. The monoisotopic (exact) mass is 261 g/mol. The molecule has 1 fully saturated rings. The second-order valence-electron chi connectivity index (χ2n) is 5.27. The number of guanidine groups is 1. The minimum Gasteiger partial charge on any atom is -0.325 e. The Kier molecular flexibility index (Phi) is 4.39. The van der Waals surface area contributed by atoms with Crippen LogP contribution in [0.2, 0.25) is 0 Å². The maximum atomic E-state index is 5.53. The molecule has 0 radical (unpaired) electrons. The van der Waals surface area contributed by atoms with Crippen molar-refractivity contribution < 1.29 is 0 Å². The molecular formula is C14H23N5. The fraction of sp³-hybridized carbons (Fsp3) is 0.500. The molecule has 19 heavy (non-hydrogen) atoms. The highest BCUT2D eigenvalue weighted by Crippen LogP contribution is 2.36. The molecule has 1 aliphatic carbocycles. The number of nitrogens with zero attached hydrogens (tertiary/aromatic N) is 2. The van der Waals surface area contributed by atoms with Gasteiger partial charge in [0, 0.05) is 11.2 Å². The van der Waals surface area contributed by atoms with E-state index in [0.29, 0.717) is 5.96 Å². The first-order valence-electron chi connectivity index (χ1n) is 6.67. The first kappa shape index (κ1) is 13.8. The lowest BCUT2D eigenvalue weighted by Crippen LogP contribution is -2.53. The van der Waals surface area contributed by atoms with E-state index in [1.807, 2.05) is 30.3 Å². The van der Waals surface area contributed by atoms with Gasteiger partial charge in [-0.15, -0.1) is 0 Å². The van der Waals surface area contributed by atoms with E-state index in [1.54, 1.807) is 0 Å². The molecule has 5 heteroatoms. The van der Waals surface area contributed by atoms with E-state index in [9.17, 15) is 0 Å². The largest absolute Gasteiger partial charge is 0.325 e. The van der Waals surface area contributed by atoms with Crippen molar-refractivity contribution in [2.45, 2.75) is 24.8 Å². The number of hydrogen-bond donors (Lipinski definition) is 3. The lowest BCUT2D eigenvalue weighted by Gasteiger charge is -2.46. The van der Waals surface area contributed by atoms with Gasteiger partial charge < -0.3 is 10.2 Å². The number of likely N-dealkylation sites (N-methyl/N-ethyl adjacent to an activating group) is 1. The normalized spacial score (nSPS) is 18.0. The van der Waals surface area contributed by atoms with Crippen LogP contribution >= 0.6 is 0 Å². The molecule has 1 aromatic carbocycles. The molecule has 0 amide bonds. The molecule has 2 rings (SSSR count). The Bertz CT molecular complexity index is 423. The summed E-state index contributed by atoms with van der Waals surface area (Å²) in [6.45, 7) is 0.763. The van der Waals surface area contributed by atoms with Gasteiger partial charge in [0.25, 0.3) is 0 Å². The van der Waals surface area contributed by atoms with Crippen LogP contribution in [-0.2, 0) is 0 Å². The Morgan fingerprint density at radius 2 is 2.00 bits per heavy atom. The SMILES string of the molecule is CN(C)C1(CN=C(NN)Nc2ccccc2)CCC1. The second-order valence-corrected chi connectivity index (χ2v) is 5.27. The van der Waals surface area contributed by atoms with Gasteiger partial charge in [0.15, 0.2) is 0 Å². The van der Waals surface area contributed by atoms with Gasteiger partial charge in [0.2, 0.25) is 5.96 Å². The van der Waals surface area contributed by atoms with Gasteiger partial charge in [-0.25, -0.2) is 10.8 Å². The molecule has 0 atom stereocenters. The third-order valence-corrected chi connectivity index (χ3v) is 3.94. The van der Waals surface area contributed by atoms with Gasteiger partial charge in [-0.1, -0.05) is 18.2 Å². The molecular weight excluding hydrogens is 238 g/mol. The quantitative estimate of drug-likeness (QED) is 0.332. The molecule has 0 heterocycles. The topological polar surface area (TPSA) is 65.7 Å². The first-order chi connectivity index (χ1) is 9.16. The fourth-order valence-corrected chi connectivity index (χ4v) is 2.34. The molecule has 0 bridgehead atoms. The molecule has 5 nitrogen and oxygen atoms in total. The molecule has 0 saturated heterocycles. The minimum absolute atomic E-state index is 0.209. The van der Waals surface area contributed by atoms with E-state index in [0.717, 1.165) is 12.2 Å². The van der Waals surface area contributed by atoms with Crippen molar-refractivity contribution in [2.75, 3.05) is 26.0 Å². The van der Waals surface area contributed by atoms with Crippen molar-refractivity contribution in [1.29, 1.82) is 0 Å². The zero-order valence-corrected chi connectivity index (χ0v) is 11.7. The maximum Gasteiger partial charge on any atom is 0.210 e. The van der Waals surface area contributed by atoms with Crippen LogP contribution in [0.15, 0.2) is 35.3 Å². The number of para-hydroxylation sites is 1. The lowest BCUT2D eigenvalue weighted by molar-refractivity contribution is 0.0700. The predicted molar refractivity (Wildman–Crippen MR) is 80.0 cm³/mol. The van der Waals surface area contributed by atoms with Crippen molar-refractivity contribution in [2.24, 2.45) is 10.8 Å². The molecule has 0 aromatic heterocycles. The smallest absolute Gasteiger partial charge is 0.210 e. The van der Waals surface area contributed by atoms with Gasteiger partial charge >= 0.3 is 0 Å². The van der Waals surface area contributed by atoms with Gasteiger partial charge in [-0.3, -0.25) is 5.43 Å². The summed E-state index contributed by atoms with van der Waals surface area (Å²) < 4.78 is 0. The Balaban J connectivity index is 1.99. The van der Waals surface area contributed by atoms with E-state index in [1.165, 1.54) is 19.3 Å². The standard InChI is InChI=1S/C14H23N5/c1-19(2)14(9-6-10-14)11-16-13(18-15)17-12-7-4-3-5-8-12/h3-5,7-8H,6,9-11,15H2,1-2H3,(H2,16,17,18). The Hall–Kier alpha value is -1.59. The van der Waals surface area contributed by atoms with Crippen LogP contribution in [0.1, 0.15) is 19.3 Å². The van der Waals surface area contributed by atoms with Crippen LogP contribution in [0.3, 0.4) is 0 Å². The Morgan fingerprint density at radius 3 is 2.47 bits per heavy atom. The third kappa shape index (κ3) is 3.24. The lowest BCUT2D eigenvalue weighted by atomic mass is 9.76. The van der Waals surface area contributed by atoms with Crippen molar-refractivity contribution in [3.05, 3.63) is 30.3 Å². The summed E-state index contributed by atoms with van der Waals surface area (Å²) in [5.74, 6) is 6.14. The highest BCUT2D eigenvalue weighted by Gasteiger charge is 2.38. The van der Waals surface area contributed by atoms with Crippen LogP contribution in [-0.4, -0.2) is 37.0 Å². The summed E-state index contributed by atoms with van der Waals surface area (Å²) in [5, 5.41) is 3.18. The van der Waals surface area contributed by atoms with Crippen molar-refractivity contribution in [1.82, 2.24) is 10.3 Å². The second kappa shape index (κ2) is 6.04. The summed E-state index contributed by atoms with van der Waals surface area (Å²) >= 11 is 0. The number of hydrogen-bond acceptors (Lipinski definition) is 3. The fourth-order valence-electron chi connectivity index (χ4n) is 2.34. The van der Waals surface area contributed by atoms with Crippen molar-refractivity contribution in [3.63, 3.8) is 0 Å². The first-order valence-corrected chi connectivity index (χ1v) is 6.67. The number of nitrogens with two attached hydrogens (primary N) is 1. The number of rotatable bonds is 4. The Morgan fingerprint density at radius 1 is 1.32 bits per heavy atom. The zero-order valence-electron chi connectivity index (χ0n) is 11.7. The summed E-state index contributed by atoms with van der Waals surface area (Å²) in [6.07, 6.45) is 3.69. The molecule has 0 aliphatic heterocycles. The molecule has 0 spiro atoms. The number of benzene rings is 1. The van der Waals surface area contributed by atoms with E-state index in [4.69, 9.17) is 5.84 Å². The highest BCUT2D eigenvalue weighted by molar-refractivity contribution is 5.93. The Labute approximate surface area is 114 Å². The zero-order chi connectivity index (χ0) is 13.7. The third-order valence-electron chi connectivity index (χ3n) is 3.94. The number of aliphatic imine (C=N–C) groups is 1. The van der Waals surface area contributed by atoms with Gasteiger partial charge in [0.1, 0.15) is 0 Å². The predicted octanol–water partition coefficient (Wildman–Crippen LogP) is 1.40. The van der Waals surface area contributed by atoms with Crippen LogP contribution < -0.4 is 16.6 Å². The maximum absolute atomic E-state index is 5.53. The number of hydrazine groups is 1. The molecule has 1 aliphatic rings. The van der Waals surface area contributed by atoms with E-state index >= 15 is 0 Å². The van der Waals surface area contributed by atoms with Gasteiger partial charge in [0.05, 0.1) is 6.54 Å². The van der Waals surface area contributed by atoms with E-state index in [2.05, 4.69) is 34.7 Å². The molecule has 0 unspecified atom stereocenters. The average molecular weight is 261 g/mol. The number of anilines is 1. The van der Waals surface area contributed by atoms with Crippen LogP contribution in [0.25, 0.3) is 0 Å². The summed E-state index contributed by atoms with van der Waals surface area (Å²) in [5.41, 5.74) is 3.82. The molecule has 104 valence electrons. The van der Waals surface area contributed by atoms with Crippen molar-refractivity contribution in [3.8, 4) is 0 Å². The van der Waals surface area contributed by atoms with E-state index < -0.39 is 0 Å². The minimum atomic E-state index is 0.209. The summed E-state index contributed by atoms with van der Waals surface area (Å²) in [7, 11) is 4.24. The van der Waals surface area contributed by atoms with Gasteiger partial charge in [-0.05, 0) is 45.5 Å². The van der Waals surface area contributed by atoms with Crippen molar-refractivity contribution >= 4 is 11.6 Å². The summed E-state index contributed by atoms with van der Waals surface area (Å²) in [4.78, 5) is 6.86. The highest BCUT2D eigenvalue weighted by atomic mass is 15.3. The average Bonchev–Trinajstić information content (AvgIpc) is 2.36. The number of nitrogens with one attached hydrogen (secondary N) is 2. The van der Waals surface area contributed by atoms with Crippen LogP contribution in [0.5, 0.6) is 0 Å². The van der Waals surface area contributed by atoms with Gasteiger partial charge in [-0.2, -0.15) is 0 Å². The van der Waals surface area contributed by atoms with E-state index in [-0.39, 0.29) is 5.54 Å². The van der Waals surface area contributed by atoms with Crippen LogP contribution in [0.4, 0.5) is 5.69 Å².